The van der Waals surface area contributed by atoms with Gasteiger partial charge in [0.2, 0.25) is 11.8 Å². The van der Waals surface area contributed by atoms with Gasteiger partial charge < -0.3 is 9.73 Å². The minimum absolute atomic E-state index is 0.0941. The van der Waals surface area contributed by atoms with Crippen LogP contribution in [-0.4, -0.2) is 24.1 Å². The second-order valence-electron chi connectivity index (χ2n) is 5.25. The molecule has 3 rings (SSSR count). The summed E-state index contributed by atoms with van der Waals surface area (Å²) in [6.45, 7) is -0.189. The van der Waals surface area contributed by atoms with Crippen LogP contribution >= 0.6 is 0 Å². The Morgan fingerprint density at radius 2 is 1.96 bits per heavy atom. The van der Waals surface area contributed by atoms with Crippen molar-refractivity contribution in [1.29, 1.82) is 0 Å². The molecule has 0 atom stereocenters. The highest BCUT2D eigenvalue weighted by Gasteiger charge is 2.48. The van der Waals surface area contributed by atoms with E-state index in [1.165, 1.54) is 0 Å². The molecule has 0 unspecified atom stereocenters. The van der Waals surface area contributed by atoms with Crippen molar-refractivity contribution in [2.45, 2.75) is 35.7 Å². The smallest absolute Gasteiger partial charge is 0.423 e. The number of hydrogen-bond donors (Lipinski definition) is 1. The van der Waals surface area contributed by atoms with Crippen LogP contribution in [0.25, 0.3) is 0 Å². The summed E-state index contributed by atoms with van der Waals surface area (Å²) in [5.74, 6) is -0.360. The number of sulfone groups is 1. The molecule has 0 saturated heterocycles. The first-order valence-corrected chi connectivity index (χ1v) is 8.34. The number of anilines is 1. The van der Waals surface area contributed by atoms with E-state index in [4.69, 9.17) is 4.42 Å². The minimum atomic E-state index is -5.70. The van der Waals surface area contributed by atoms with Crippen molar-refractivity contribution in [3.63, 3.8) is 0 Å². The molecule has 0 bridgehead atoms. The number of halogens is 4. The number of rotatable bonds is 5. The molecule has 1 aliphatic carbocycles. The van der Waals surface area contributed by atoms with E-state index in [9.17, 15) is 26.0 Å². The van der Waals surface area contributed by atoms with Gasteiger partial charge >= 0.3 is 5.51 Å². The summed E-state index contributed by atoms with van der Waals surface area (Å²) in [6, 6.07) is 2.07. The number of hydrogen-bond acceptors (Lipinski definition) is 6. The summed E-state index contributed by atoms with van der Waals surface area (Å²) < 4.78 is 79.8. The van der Waals surface area contributed by atoms with E-state index in [1.54, 1.807) is 0 Å². The van der Waals surface area contributed by atoms with E-state index in [1.807, 2.05) is 0 Å². The second-order valence-corrected chi connectivity index (χ2v) is 7.16. The van der Waals surface area contributed by atoms with Gasteiger partial charge in [-0.3, -0.25) is 0 Å². The van der Waals surface area contributed by atoms with Crippen molar-refractivity contribution < 1.29 is 30.4 Å². The molecule has 11 heteroatoms. The molecule has 1 aromatic carbocycles. The molecule has 24 heavy (non-hydrogen) atoms. The fraction of sp³-hybridized carbons (Fsp3) is 0.385. The van der Waals surface area contributed by atoms with Crippen LogP contribution in [-0.2, 0) is 16.4 Å². The highest BCUT2D eigenvalue weighted by molar-refractivity contribution is 7.92. The number of nitrogens with zero attached hydrogens (tertiary/aromatic N) is 2. The molecule has 2 aromatic rings. The third-order valence-electron chi connectivity index (χ3n) is 3.38. The Hall–Kier alpha value is -2.17. The fourth-order valence-corrected chi connectivity index (χ4v) is 2.94. The molecule has 1 heterocycles. The van der Waals surface area contributed by atoms with Crippen molar-refractivity contribution in [2.75, 3.05) is 5.32 Å². The van der Waals surface area contributed by atoms with Crippen LogP contribution in [0.1, 0.15) is 30.5 Å². The lowest BCUT2D eigenvalue weighted by atomic mass is 10.3. The Bertz CT molecular complexity index is 860. The molecule has 1 fully saturated rings. The monoisotopic (exact) mass is 365 g/mol. The molecule has 1 aliphatic rings. The maximum Gasteiger partial charge on any atom is 0.501 e. The van der Waals surface area contributed by atoms with Crippen molar-refractivity contribution >= 4 is 15.5 Å². The predicted octanol–water partition coefficient (Wildman–Crippen LogP) is 2.99. The molecule has 0 amide bonds. The number of aromatic nitrogens is 2. The number of alkyl halides is 3. The lowest BCUT2D eigenvalue weighted by Crippen LogP contribution is -2.24. The average Bonchev–Trinajstić information content (AvgIpc) is 3.24. The predicted molar refractivity (Wildman–Crippen MR) is 73.2 cm³/mol. The molecule has 0 aliphatic heterocycles. The molecule has 0 spiro atoms. The summed E-state index contributed by atoms with van der Waals surface area (Å²) in [5.41, 5.74) is -5.94. The lowest BCUT2D eigenvalue weighted by molar-refractivity contribution is -0.0435. The van der Waals surface area contributed by atoms with Crippen LogP contribution in [0.5, 0.6) is 0 Å². The Morgan fingerprint density at radius 3 is 2.58 bits per heavy atom. The van der Waals surface area contributed by atoms with Crippen molar-refractivity contribution in [3.05, 3.63) is 35.8 Å². The van der Waals surface area contributed by atoms with Crippen LogP contribution in [0.4, 0.5) is 23.2 Å². The quantitative estimate of drug-likeness (QED) is 0.820. The zero-order chi connectivity index (χ0) is 17.5. The van der Waals surface area contributed by atoms with Gasteiger partial charge in [-0.15, -0.1) is 10.2 Å². The molecule has 6 nitrogen and oxygen atoms in total. The van der Waals surface area contributed by atoms with E-state index in [-0.39, 0.29) is 18.4 Å². The summed E-state index contributed by atoms with van der Waals surface area (Å²) in [4.78, 5) is -1.20. The van der Waals surface area contributed by atoms with Gasteiger partial charge in [0.15, 0.2) is 0 Å². The maximum atomic E-state index is 13.2. The first-order valence-electron chi connectivity index (χ1n) is 6.85. The molecular formula is C13H11F4N3O3S. The van der Waals surface area contributed by atoms with Crippen molar-refractivity contribution in [3.8, 4) is 0 Å². The summed E-state index contributed by atoms with van der Waals surface area (Å²) in [5, 5.41) is 9.99. The molecule has 1 N–H and O–H groups in total. The molecule has 1 aromatic heterocycles. The minimum Gasteiger partial charge on any atom is -0.423 e. The molecular weight excluding hydrogens is 354 g/mol. The summed E-state index contributed by atoms with van der Waals surface area (Å²) in [7, 11) is -5.70. The van der Waals surface area contributed by atoms with Gasteiger partial charge in [-0.2, -0.15) is 13.2 Å². The third-order valence-corrected chi connectivity index (χ3v) is 4.90. The van der Waals surface area contributed by atoms with Gasteiger partial charge in [0.05, 0.1) is 12.2 Å². The molecule has 1 saturated carbocycles. The Labute approximate surface area is 133 Å². The van der Waals surface area contributed by atoms with Crippen LogP contribution in [0.3, 0.4) is 0 Å². The zero-order valence-electron chi connectivity index (χ0n) is 12.0. The van der Waals surface area contributed by atoms with Crippen LogP contribution in [0, 0.1) is 5.82 Å². The van der Waals surface area contributed by atoms with Crippen molar-refractivity contribution in [1.82, 2.24) is 10.2 Å². The first-order chi connectivity index (χ1) is 11.2. The highest BCUT2D eigenvalue weighted by Crippen LogP contribution is 2.39. The molecule has 0 radical (unpaired) electrons. The van der Waals surface area contributed by atoms with Gasteiger partial charge in [0.1, 0.15) is 10.7 Å². The van der Waals surface area contributed by atoms with Crippen LogP contribution in [0.15, 0.2) is 27.5 Å². The topological polar surface area (TPSA) is 85.1 Å². The van der Waals surface area contributed by atoms with Gasteiger partial charge in [0, 0.05) is 5.92 Å². The van der Waals surface area contributed by atoms with E-state index in [0.29, 0.717) is 12.0 Å². The van der Waals surface area contributed by atoms with Gasteiger partial charge in [-0.25, -0.2) is 12.8 Å². The Kier molecular flexibility index (Phi) is 3.98. The van der Waals surface area contributed by atoms with E-state index in [2.05, 4.69) is 15.5 Å². The van der Waals surface area contributed by atoms with E-state index >= 15 is 0 Å². The highest BCUT2D eigenvalue weighted by atomic mass is 32.2. The second kappa shape index (κ2) is 5.72. The largest absolute Gasteiger partial charge is 0.501 e. The number of benzene rings is 1. The van der Waals surface area contributed by atoms with Gasteiger partial charge in [-0.1, -0.05) is 0 Å². The third kappa shape index (κ3) is 3.21. The standard InChI is InChI=1S/C13H11F4N3O3S/c14-8-3-4-9(10(5-8)24(21,22)13(15,16)17)18-6-11-19-20-12(23-11)7-1-2-7/h3-5,7,18H,1-2,6H2. The normalized spacial score (nSPS) is 15.5. The van der Waals surface area contributed by atoms with Crippen molar-refractivity contribution in [2.24, 2.45) is 0 Å². The first kappa shape index (κ1) is 16.7. The van der Waals surface area contributed by atoms with Gasteiger partial charge in [0.25, 0.3) is 9.84 Å². The molecule has 130 valence electrons. The SMILES string of the molecule is O=S(=O)(c1cc(F)ccc1NCc1nnc(C2CC2)o1)C(F)(F)F. The Balaban J connectivity index is 1.84. The summed E-state index contributed by atoms with van der Waals surface area (Å²) >= 11 is 0. The van der Waals surface area contributed by atoms with Crippen LogP contribution < -0.4 is 5.32 Å². The van der Waals surface area contributed by atoms with E-state index in [0.717, 1.165) is 25.0 Å². The summed E-state index contributed by atoms with van der Waals surface area (Å²) in [6.07, 6.45) is 1.86. The van der Waals surface area contributed by atoms with Gasteiger partial charge in [-0.05, 0) is 31.0 Å². The Morgan fingerprint density at radius 1 is 1.25 bits per heavy atom. The number of nitrogens with one attached hydrogen (secondary N) is 1. The van der Waals surface area contributed by atoms with Crippen LogP contribution in [0.2, 0.25) is 0 Å². The lowest BCUT2D eigenvalue weighted by Gasteiger charge is -2.13. The average molecular weight is 365 g/mol. The fourth-order valence-electron chi connectivity index (χ4n) is 1.99. The van der Waals surface area contributed by atoms with E-state index < -0.39 is 31.7 Å². The zero-order valence-corrected chi connectivity index (χ0v) is 12.8. The maximum absolute atomic E-state index is 13.2.